The second-order valence-electron chi connectivity index (χ2n) is 2.49. The second-order valence-corrected chi connectivity index (χ2v) is 2.49. The number of hydrogen-bond acceptors (Lipinski definition) is 3. The molecular formula is C7H13N3O. The van der Waals surface area contributed by atoms with E-state index in [2.05, 4.69) is 10.6 Å². The first-order valence-electron chi connectivity index (χ1n) is 3.51. The quantitative estimate of drug-likeness (QED) is 0.651. The minimum absolute atomic E-state index is 0.189. The van der Waals surface area contributed by atoms with Crippen LogP contribution in [0.2, 0.25) is 0 Å². The second kappa shape index (κ2) is 3.50. The third kappa shape index (κ3) is 2.03. The van der Waals surface area contributed by atoms with Gasteiger partial charge in [0, 0.05) is 18.8 Å². The van der Waals surface area contributed by atoms with E-state index in [4.69, 9.17) is 4.84 Å². The average Bonchev–Trinajstić information content (AvgIpc) is 2.36. The van der Waals surface area contributed by atoms with Crippen molar-refractivity contribution in [1.82, 2.24) is 15.3 Å². The number of hydroxylamine groups is 1. The van der Waals surface area contributed by atoms with Gasteiger partial charge in [-0.05, 0) is 6.92 Å². The van der Waals surface area contributed by atoms with Crippen molar-refractivity contribution in [1.29, 1.82) is 0 Å². The highest BCUT2D eigenvalue weighted by Crippen LogP contribution is 2.09. The summed E-state index contributed by atoms with van der Waals surface area (Å²) in [5.74, 6) is 0. The van der Waals surface area contributed by atoms with Crippen LogP contribution >= 0.6 is 0 Å². The molecule has 1 heterocycles. The van der Waals surface area contributed by atoms with Crippen molar-refractivity contribution in [2.75, 3.05) is 7.11 Å². The van der Waals surface area contributed by atoms with E-state index in [1.54, 1.807) is 11.8 Å². The highest BCUT2D eigenvalue weighted by atomic mass is 16.6. The maximum absolute atomic E-state index is 4.78. The first-order chi connectivity index (χ1) is 5.24. The summed E-state index contributed by atoms with van der Waals surface area (Å²) < 4.78 is 1.77. The molecule has 1 N–H and O–H groups in total. The molecule has 0 aliphatic heterocycles. The highest BCUT2D eigenvalue weighted by molar-refractivity contribution is 5.07. The molecule has 1 atom stereocenters. The molecule has 1 rings (SSSR count). The number of aromatic nitrogens is 2. The Labute approximate surface area is 66.1 Å². The lowest BCUT2D eigenvalue weighted by Gasteiger charge is -2.07. The minimum Gasteiger partial charge on any atom is -0.305 e. The predicted molar refractivity (Wildman–Crippen MR) is 41.8 cm³/mol. The van der Waals surface area contributed by atoms with Gasteiger partial charge in [0.1, 0.15) is 0 Å². The van der Waals surface area contributed by atoms with E-state index >= 15 is 0 Å². The molecule has 0 aromatic carbocycles. The molecule has 0 fully saturated rings. The van der Waals surface area contributed by atoms with Crippen molar-refractivity contribution in [3.8, 4) is 0 Å². The normalized spacial score (nSPS) is 13.4. The van der Waals surface area contributed by atoms with Gasteiger partial charge in [-0.3, -0.25) is 4.68 Å². The molecular weight excluding hydrogens is 142 g/mol. The zero-order valence-electron chi connectivity index (χ0n) is 7.03. The highest BCUT2D eigenvalue weighted by Gasteiger charge is 2.04. The van der Waals surface area contributed by atoms with E-state index in [0.29, 0.717) is 0 Å². The molecule has 0 aliphatic carbocycles. The van der Waals surface area contributed by atoms with Gasteiger partial charge in [-0.25, -0.2) is 0 Å². The summed E-state index contributed by atoms with van der Waals surface area (Å²) in [4.78, 5) is 4.78. The van der Waals surface area contributed by atoms with Crippen LogP contribution in [-0.2, 0) is 11.9 Å². The maximum Gasteiger partial charge on any atom is 0.0574 e. The fourth-order valence-corrected chi connectivity index (χ4v) is 0.909. The standard InChI is InChI=1S/C7H13N3O/c1-6(9-11-3)7-4-8-10(2)5-7/h4-6,9H,1-3H3. The van der Waals surface area contributed by atoms with Gasteiger partial charge in [0.25, 0.3) is 0 Å². The molecule has 1 unspecified atom stereocenters. The molecule has 1 aromatic rings. The molecule has 1 aromatic heterocycles. The van der Waals surface area contributed by atoms with Crippen LogP contribution in [0.4, 0.5) is 0 Å². The summed E-state index contributed by atoms with van der Waals surface area (Å²) in [7, 11) is 3.50. The molecule has 0 bridgehead atoms. The lowest BCUT2D eigenvalue weighted by molar-refractivity contribution is 0.0658. The smallest absolute Gasteiger partial charge is 0.0574 e. The Morgan fingerprint density at radius 1 is 1.73 bits per heavy atom. The van der Waals surface area contributed by atoms with Crippen LogP contribution in [0, 0.1) is 0 Å². The van der Waals surface area contributed by atoms with Crippen LogP contribution in [0.15, 0.2) is 12.4 Å². The van der Waals surface area contributed by atoms with E-state index in [9.17, 15) is 0 Å². The van der Waals surface area contributed by atoms with Gasteiger partial charge in [0.15, 0.2) is 0 Å². The molecule has 0 saturated heterocycles. The van der Waals surface area contributed by atoms with Gasteiger partial charge in [0.05, 0.1) is 19.3 Å². The van der Waals surface area contributed by atoms with Crippen molar-refractivity contribution >= 4 is 0 Å². The van der Waals surface area contributed by atoms with E-state index in [0.717, 1.165) is 5.56 Å². The van der Waals surface area contributed by atoms with Gasteiger partial charge in [0.2, 0.25) is 0 Å². The van der Waals surface area contributed by atoms with Gasteiger partial charge in [-0.2, -0.15) is 10.6 Å². The van der Waals surface area contributed by atoms with E-state index in [-0.39, 0.29) is 6.04 Å². The van der Waals surface area contributed by atoms with Gasteiger partial charge < -0.3 is 4.84 Å². The van der Waals surface area contributed by atoms with Gasteiger partial charge in [-0.15, -0.1) is 0 Å². The topological polar surface area (TPSA) is 39.1 Å². The van der Waals surface area contributed by atoms with Crippen LogP contribution in [0.25, 0.3) is 0 Å². The number of rotatable bonds is 3. The Morgan fingerprint density at radius 3 is 2.91 bits per heavy atom. The number of hydrogen-bond donors (Lipinski definition) is 1. The number of nitrogens with zero attached hydrogens (tertiary/aromatic N) is 2. The van der Waals surface area contributed by atoms with Crippen LogP contribution in [0.1, 0.15) is 18.5 Å². The Balaban J connectivity index is 2.60. The van der Waals surface area contributed by atoms with Crippen LogP contribution in [0.3, 0.4) is 0 Å². The van der Waals surface area contributed by atoms with Crippen molar-refractivity contribution in [3.05, 3.63) is 18.0 Å². The summed E-state index contributed by atoms with van der Waals surface area (Å²) >= 11 is 0. The molecule has 11 heavy (non-hydrogen) atoms. The molecule has 0 spiro atoms. The lowest BCUT2D eigenvalue weighted by atomic mass is 10.2. The first kappa shape index (κ1) is 8.23. The van der Waals surface area contributed by atoms with Crippen molar-refractivity contribution in [2.45, 2.75) is 13.0 Å². The number of nitrogens with one attached hydrogen (secondary N) is 1. The van der Waals surface area contributed by atoms with E-state index in [1.807, 2.05) is 26.4 Å². The summed E-state index contributed by atoms with van der Waals surface area (Å²) in [5.41, 5.74) is 3.94. The molecule has 0 amide bonds. The number of aryl methyl sites for hydroxylation is 1. The minimum atomic E-state index is 0.189. The Kier molecular flexibility index (Phi) is 2.62. The van der Waals surface area contributed by atoms with Crippen LogP contribution < -0.4 is 5.48 Å². The lowest BCUT2D eigenvalue weighted by Crippen LogP contribution is -2.16. The SMILES string of the molecule is CONC(C)c1cnn(C)c1. The Morgan fingerprint density at radius 2 is 2.45 bits per heavy atom. The fourth-order valence-electron chi connectivity index (χ4n) is 0.909. The van der Waals surface area contributed by atoms with Gasteiger partial charge in [-0.1, -0.05) is 0 Å². The maximum atomic E-state index is 4.78. The van der Waals surface area contributed by atoms with E-state index in [1.165, 1.54) is 0 Å². The molecule has 4 nitrogen and oxygen atoms in total. The zero-order valence-corrected chi connectivity index (χ0v) is 7.03. The monoisotopic (exact) mass is 155 g/mol. The third-order valence-electron chi connectivity index (χ3n) is 1.52. The molecule has 0 aliphatic rings. The molecule has 62 valence electrons. The molecule has 4 heteroatoms. The Hall–Kier alpha value is -0.870. The summed E-state index contributed by atoms with van der Waals surface area (Å²) in [6.07, 6.45) is 3.77. The van der Waals surface area contributed by atoms with Crippen LogP contribution in [0.5, 0.6) is 0 Å². The predicted octanol–water partition coefficient (Wildman–Crippen LogP) is 0.632. The van der Waals surface area contributed by atoms with Crippen molar-refractivity contribution in [3.63, 3.8) is 0 Å². The van der Waals surface area contributed by atoms with Gasteiger partial charge >= 0.3 is 0 Å². The third-order valence-corrected chi connectivity index (χ3v) is 1.52. The van der Waals surface area contributed by atoms with Crippen LogP contribution in [-0.4, -0.2) is 16.9 Å². The first-order valence-corrected chi connectivity index (χ1v) is 3.51. The van der Waals surface area contributed by atoms with E-state index < -0.39 is 0 Å². The summed E-state index contributed by atoms with van der Waals surface area (Å²) in [5, 5.41) is 4.04. The summed E-state index contributed by atoms with van der Waals surface area (Å²) in [6.45, 7) is 2.01. The Bertz CT molecular complexity index is 221. The van der Waals surface area contributed by atoms with Crippen molar-refractivity contribution in [2.24, 2.45) is 7.05 Å². The van der Waals surface area contributed by atoms with Crippen molar-refractivity contribution < 1.29 is 4.84 Å². The average molecular weight is 155 g/mol. The zero-order chi connectivity index (χ0) is 8.27. The summed E-state index contributed by atoms with van der Waals surface area (Å²) in [6, 6.07) is 0.189. The molecule has 0 saturated carbocycles. The largest absolute Gasteiger partial charge is 0.305 e. The molecule has 0 radical (unpaired) electrons. The fraction of sp³-hybridized carbons (Fsp3) is 0.571.